The summed E-state index contributed by atoms with van der Waals surface area (Å²) in [7, 11) is 1.52. The number of H-pyrrole nitrogens is 1. The molecule has 4 heterocycles. The summed E-state index contributed by atoms with van der Waals surface area (Å²) in [6.07, 6.45) is 4.77. The van der Waals surface area contributed by atoms with Crippen molar-refractivity contribution in [3.8, 4) is 11.6 Å². The third kappa shape index (κ3) is 3.98. The molecule has 0 saturated carbocycles. The van der Waals surface area contributed by atoms with E-state index in [0.29, 0.717) is 45.2 Å². The Bertz CT molecular complexity index is 1480. The normalized spacial score (nSPS) is 17.0. The molecule has 0 unspecified atom stereocenters. The molecule has 0 saturated heterocycles. The third-order valence-corrected chi connectivity index (χ3v) is 6.20. The minimum absolute atomic E-state index is 0.138. The molecule has 1 aliphatic rings. The van der Waals surface area contributed by atoms with Gasteiger partial charge in [-0.15, -0.1) is 0 Å². The highest BCUT2D eigenvalue weighted by molar-refractivity contribution is 6.36. The number of nitrogens with one attached hydrogen (secondary N) is 3. The topological polar surface area (TPSA) is 118 Å². The molecule has 5 rings (SSSR count). The number of hydrogen-bond acceptors (Lipinski definition) is 7. The molecule has 1 amide bonds. The van der Waals surface area contributed by atoms with Crippen LogP contribution >= 0.6 is 11.6 Å². The number of halogens is 1. The molecular weight excluding hydrogens is 470 g/mol. The molecule has 0 radical (unpaired) electrons. The second kappa shape index (κ2) is 8.68. The summed E-state index contributed by atoms with van der Waals surface area (Å²) in [5.41, 5.74) is 2.08. The fourth-order valence-electron chi connectivity index (χ4n) is 4.06. The van der Waals surface area contributed by atoms with E-state index >= 15 is 0 Å². The van der Waals surface area contributed by atoms with E-state index in [4.69, 9.17) is 21.1 Å². The van der Waals surface area contributed by atoms with Crippen molar-refractivity contribution in [2.45, 2.75) is 19.4 Å². The molecular formula is C25H22ClN5O4. The van der Waals surface area contributed by atoms with Crippen LogP contribution in [0.4, 0.5) is 11.4 Å². The lowest BCUT2D eigenvalue weighted by Gasteiger charge is -2.35. The van der Waals surface area contributed by atoms with Gasteiger partial charge in [0.15, 0.2) is 5.78 Å². The molecule has 178 valence electrons. The molecule has 0 fully saturated rings. The maximum atomic E-state index is 13.6. The highest BCUT2D eigenvalue weighted by Gasteiger charge is 2.39. The highest BCUT2D eigenvalue weighted by Crippen LogP contribution is 2.39. The van der Waals surface area contributed by atoms with Crippen LogP contribution < -0.4 is 15.4 Å². The number of amides is 1. The van der Waals surface area contributed by atoms with Crippen LogP contribution in [-0.2, 0) is 9.53 Å². The van der Waals surface area contributed by atoms with E-state index in [-0.39, 0.29) is 23.3 Å². The maximum absolute atomic E-state index is 13.6. The fourth-order valence-corrected chi connectivity index (χ4v) is 4.32. The summed E-state index contributed by atoms with van der Waals surface area (Å²) < 4.78 is 11.1. The van der Waals surface area contributed by atoms with Gasteiger partial charge in [-0.2, -0.15) is 0 Å². The number of aromatic amines is 1. The molecule has 9 nitrogen and oxygen atoms in total. The number of methoxy groups -OCH3 is 1. The summed E-state index contributed by atoms with van der Waals surface area (Å²) in [5, 5.41) is 6.89. The van der Waals surface area contributed by atoms with Crippen LogP contribution in [0.15, 0.2) is 48.9 Å². The number of nitrogens with zero attached hydrogens (tertiary/aromatic N) is 2. The Labute approximate surface area is 205 Å². The number of anilines is 2. The standard InChI is InChI=1S/C25H22ClN5O4/c1-13-5-4-8-27-23(13)35-14-6-7-15(17(26)9-14)21(32)16-10-28-22-19(16)20-18(11-29-22)30-24(33)25(2,31-20)12-34-3/h4-11,31H,12H2,1-3H3,(H,28,29)(H,30,33)/t25-/m0/s1. The number of hydrogen-bond donors (Lipinski definition) is 3. The van der Waals surface area contributed by atoms with E-state index in [9.17, 15) is 9.59 Å². The lowest BCUT2D eigenvalue weighted by molar-refractivity contribution is -0.121. The minimum atomic E-state index is -1.02. The van der Waals surface area contributed by atoms with Gasteiger partial charge in [0.05, 0.1) is 40.2 Å². The Kier molecular flexibility index (Phi) is 5.66. The summed E-state index contributed by atoms with van der Waals surface area (Å²) in [5.74, 6) is 0.373. The smallest absolute Gasteiger partial charge is 0.252 e. The first kappa shape index (κ1) is 22.8. The Morgan fingerprint density at radius 1 is 1.20 bits per heavy atom. The molecule has 35 heavy (non-hydrogen) atoms. The zero-order valence-electron chi connectivity index (χ0n) is 19.2. The molecule has 0 aliphatic carbocycles. The van der Waals surface area contributed by atoms with E-state index in [1.54, 1.807) is 43.7 Å². The van der Waals surface area contributed by atoms with Crippen LogP contribution in [0.5, 0.6) is 11.6 Å². The predicted octanol–water partition coefficient (Wildman–Crippen LogP) is 4.71. The highest BCUT2D eigenvalue weighted by atomic mass is 35.5. The minimum Gasteiger partial charge on any atom is -0.439 e. The number of pyridine rings is 2. The Morgan fingerprint density at radius 3 is 2.77 bits per heavy atom. The summed E-state index contributed by atoms with van der Waals surface area (Å²) in [4.78, 5) is 37.8. The van der Waals surface area contributed by atoms with Crippen molar-refractivity contribution >= 4 is 45.7 Å². The van der Waals surface area contributed by atoms with Crippen LogP contribution in [0.1, 0.15) is 28.4 Å². The molecule has 3 N–H and O–H groups in total. The van der Waals surface area contributed by atoms with Gasteiger partial charge in [-0.1, -0.05) is 17.7 Å². The summed E-state index contributed by atoms with van der Waals surface area (Å²) in [6.45, 7) is 3.76. The number of aromatic nitrogens is 3. The van der Waals surface area contributed by atoms with E-state index in [1.165, 1.54) is 7.11 Å². The Balaban J connectivity index is 1.52. The first-order valence-electron chi connectivity index (χ1n) is 10.8. The second-order valence-corrected chi connectivity index (χ2v) is 8.92. The molecule has 0 bridgehead atoms. The van der Waals surface area contributed by atoms with Crippen LogP contribution in [0, 0.1) is 6.92 Å². The van der Waals surface area contributed by atoms with Crippen LogP contribution in [0.2, 0.25) is 5.02 Å². The first-order valence-corrected chi connectivity index (χ1v) is 11.2. The zero-order valence-corrected chi connectivity index (χ0v) is 20.0. The quantitative estimate of drug-likeness (QED) is 0.334. The molecule has 3 aromatic heterocycles. The van der Waals surface area contributed by atoms with Crippen molar-refractivity contribution < 1.29 is 19.1 Å². The molecule has 1 aromatic carbocycles. The van der Waals surface area contributed by atoms with Gasteiger partial charge >= 0.3 is 0 Å². The van der Waals surface area contributed by atoms with Gasteiger partial charge in [-0.25, -0.2) is 9.97 Å². The molecule has 1 aliphatic heterocycles. The SMILES string of the molecule is COC[C@]1(C)Nc2c(cnc3[nH]cc(C(=O)c4ccc(Oc5ncccc5C)cc4Cl)c23)NC1=O. The average molecular weight is 492 g/mol. The largest absolute Gasteiger partial charge is 0.439 e. The van der Waals surface area contributed by atoms with Crippen LogP contribution in [-0.4, -0.2) is 45.9 Å². The van der Waals surface area contributed by atoms with Gasteiger partial charge in [-0.05, 0) is 32.0 Å². The average Bonchev–Trinajstić information content (AvgIpc) is 3.26. The number of carbonyl (C=O) groups is 2. The van der Waals surface area contributed by atoms with E-state index in [1.807, 2.05) is 19.1 Å². The van der Waals surface area contributed by atoms with Crippen molar-refractivity contribution in [1.29, 1.82) is 0 Å². The van der Waals surface area contributed by atoms with E-state index < -0.39 is 5.54 Å². The van der Waals surface area contributed by atoms with Gasteiger partial charge < -0.3 is 25.1 Å². The number of fused-ring (bicyclic) bond motifs is 3. The fraction of sp³-hybridized carbons (Fsp3) is 0.200. The Morgan fingerprint density at radius 2 is 2.03 bits per heavy atom. The van der Waals surface area contributed by atoms with Crippen molar-refractivity contribution in [3.63, 3.8) is 0 Å². The molecule has 10 heteroatoms. The monoisotopic (exact) mass is 491 g/mol. The molecule has 1 atom stereocenters. The van der Waals surface area contributed by atoms with E-state index in [0.717, 1.165) is 5.56 Å². The Hall–Kier alpha value is -3.95. The van der Waals surface area contributed by atoms with Gasteiger partial charge in [0.25, 0.3) is 5.91 Å². The summed E-state index contributed by atoms with van der Waals surface area (Å²) >= 11 is 6.51. The van der Waals surface area contributed by atoms with Crippen molar-refractivity contribution in [1.82, 2.24) is 15.0 Å². The number of ketones is 1. The van der Waals surface area contributed by atoms with Gasteiger partial charge in [-0.3, -0.25) is 9.59 Å². The summed E-state index contributed by atoms with van der Waals surface area (Å²) in [6, 6.07) is 8.58. The number of ether oxygens (including phenoxy) is 2. The number of aryl methyl sites for hydroxylation is 1. The van der Waals surface area contributed by atoms with Crippen LogP contribution in [0.3, 0.4) is 0 Å². The van der Waals surface area contributed by atoms with Gasteiger partial charge in [0, 0.05) is 36.7 Å². The zero-order chi connectivity index (χ0) is 24.7. The van der Waals surface area contributed by atoms with Crippen molar-refractivity contribution in [2.75, 3.05) is 24.4 Å². The predicted molar refractivity (Wildman–Crippen MR) is 133 cm³/mol. The third-order valence-electron chi connectivity index (χ3n) is 5.89. The van der Waals surface area contributed by atoms with Crippen LogP contribution in [0.25, 0.3) is 11.0 Å². The number of benzene rings is 1. The lowest BCUT2D eigenvalue weighted by Crippen LogP contribution is -2.53. The second-order valence-electron chi connectivity index (χ2n) is 8.52. The number of rotatable bonds is 6. The molecule has 4 aromatic rings. The lowest BCUT2D eigenvalue weighted by atomic mass is 9.96. The van der Waals surface area contributed by atoms with Crippen molar-refractivity contribution in [3.05, 3.63) is 70.6 Å². The maximum Gasteiger partial charge on any atom is 0.252 e. The van der Waals surface area contributed by atoms with Gasteiger partial charge in [0.1, 0.15) is 16.9 Å². The molecule has 0 spiro atoms. The first-order chi connectivity index (χ1) is 16.8. The number of carbonyl (C=O) groups excluding carboxylic acids is 2. The van der Waals surface area contributed by atoms with E-state index in [2.05, 4.69) is 25.6 Å². The van der Waals surface area contributed by atoms with Crippen molar-refractivity contribution in [2.24, 2.45) is 0 Å². The van der Waals surface area contributed by atoms with Gasteiger partial charge in [0.2, 0.25) is 5.88 Å².